The highest BCUT2D eigenvalue weighted by Crippen LogP contribution is 2.21. The van der Waals surface area contributed by atoms with Gasteiger partial charge in [-0.05, 0) is 24.6 Å². The van der Waals surface area contributed by atoms with Gasteiger partial charge < -0.3 is 14.8 Å². The Morgan fingerprint density at radius 1 is 1.32 bits per heavy atom. The minimum Gasteiger partial charge on any atom is -0.487 e. The summed E-state index contributed by atoms with van der Waals surface area (Å²) in [6, 6.07) is 4.42. The molecule has 1 aromatic carbocycles. The zero-order valence-corrected chi connectivity index (χ0v) is 12.3. The summed E-state index contributed by atoms with van der Waals surface area (Å²) in [5.41, 5.74) is 0. The molecule has 3 nitrogen and oxygen atoms in total. The molecule has 0 saturated heterocycles. The standard InChI is InChI=1S/C14H21ClFNO2/c1-10(2)7-17-8-12(9-18-3)19-11-4-5-13(15)14(16)6-11/h4-6,10,12,17H,7-9H2,1-3H3. The third-order valence-corrected chi connectivity index (χ3v) is 2.78. The summed E-state index contributed by atoms with van der Waals surface area (Å²) in [7, 11) is 1.61. The molecule has 1 aromatic rings. The van der Waals surface area contributed by atoms with Gasteiger partial charge in [-0.2, -0.15) is 0 Å². The van der Waals surface area contributed by atoms with Crippen LogP contribution in [0.3, 0.4) is 0 Å². The number of benzene rings is 1. The lowest BCUT2D eigenvalue weighted by molar-refractivity contribution is 0.0800. The Labute approximate surface area is 119 Å². The van der Waals surface area contributed by atoms with Crippen LogP contribution in [-0.4, -0.2) is 32.9 Å². The van der Waals surface area contributed by atoms with Crippen molar-refractivity contribution in [1.29, 1.82) is 0 Å². The maximum atomic E-state index is 13.3. The highest BCUT2D eigenvalue weighted by Gasteiger charge is 2.11. The normalized spacial score (nSPS) is 12.7. The molecule has 1 atom stereocenters. The van der Waals surface area contributed by atoms with E-state index in [1.165, 1.54) is 12.1 Å². The van der Waals surface area contributed by atoms with Crippen molar-refractivity contribution in [1.82, 2.24) is 5.32 Å². The molecule has 0 aliphatic heterocycles. The summed E-state index contributed by atoms with van der Waals surface area (Å²) >= 11 is 5.63. The molecule has 1 unspecified atom stereocenters. The first-order valence-corrected chi connectivity index (χ1v) is 6.72. The number of methoxy groups -OCH3 is 1. The lowest BCUT2D eigenvalue weighted by Crippen LogP contribution is -2.36. The summed E-state index contributed by atoms with van der Waals surface area (Å²) in [6.07, 6.45) is -0.163. The molecule has 108 valence electrons. The smallest absolute Gasteiger partial charge is 0.145 e. The first-order valence-electron chi connectivity index (χ1n) is 6.34. The molecule has 0 aromatic heterocycles. The van der Waals surface area contributed by atoms with Crippen molar-refractivity contribution >= 4 is 11.6 Å². The van der Waals surface area contributed by atoms with Gasteiger partial charge in [0, 0.05) is 19.7 Å². The highest BCUT2D eigenvalue weighted by atomic mass is 35.5. The van der Waals surface area contributed by atoms with Crippen molar-refractivity contribution in [3.05, 3.63) is 29.0 Å². The molecule has 1 N–H and O–H groups in total. The van der Waals surface area contributed by atoms with Gasteiger partial charge in [0.05, 0.1) is 11.6 Å². The van der Waals surface area contributed by atoms with Gasteiger partial charge in [0.2, 0.25) is 0 Å². The summed E-state index contributed by atoms with van der Waals surface area (Å²) in [4.78, 5) is 0. The van der Waals surface area contributed by atoms with Crippen LogP contribution in [-0.2, 0) is 4.74 Å². The van der Waals surface area contributed by atoms with Crippen LogP contribution < -0.4 is 10.1 Å². The van der Waals surface area contributed by atoms with E-state index in [-0.39, 0.29) is 11.1 Å². The lowest BCUT2D eigenvalue weighted by atomic mass is 10.2. The van der Waals surface area contributed by atoms with E-state index in [9.17, 15) is 4.39 Å². The average molecular weight is 290 g/mol. The molecule has 0 radical (unpaired) electrons. The van der Waals surface area contributed by atoms with Crippen molar-refractivity contribution < 1.29 is 13.9 Å². The van der Waals surface area contributed by atoms with Crippen LogP contribution in [0.4, 0.5) is 4.39 Å². The Kier molecular flexibility index (Phi) is 7.13. The molecule has 0 amide bonds. The van der Waals surface area contributed by atoms with Gasteiger partial charge in [0.15, 0.2) is 0 Å². The average Bonchev–Trinajstić information content (AvgIpc) is 2.33. The highest BCUT2D eigenvalue weighted by molar-refractivity contribution is 6.30. The lowest BCUT2D eigenvalue weighted by Gasteiger charge is -2.19. The number of hydrogen-bond acceptors (Lipinski definition) is 3. The van der Waals surface area contributed by atoms with Crippen LogP contribution in [0.2, 0.25) is 5.02 Å². The van der Waals surface area contributed by atoms with Crippen LogP contribution in [0.1, 0.15) is 13.8 Å². The van der Waals surface area contributed by atoms with E-state index in [1.54, 1.807) is 13.2 Å². The molecule has 1 rings (SSSR count). The molecule has 0 aliphatic rings. The van der Waals surface area contributed by atoms with Gasteiger partial charge in [0.25, 0.3) is 0 Å². The molecule has 5 heteroatoms. The largest absolute Gasteiger partial charge is 0.487 e. The monoisotopic (exact) mass is 289 g/mol. The molecular weight excluding hydrogens is 269 g/mol. The summed E-state index contributed by atoms with van der Waals surface area (Å²) in [5.74, 6) is 0.539. The van der Waals surface area contributed by atoms with E-state index in [1.807, 2.05) is 0 Å². The van der Waals surface area contributed by atoms with Gasteiger partial charge in [-0.3, -0.25) is 0 Å². The first-order chi connectivity index (χ1) is 9.02. The number of ether oxygens (including phenoxy) is 2. The van der Waals surface area contributed by atoms with Crippen molar-refractivity contribution in [2.24, 2.45) is 5.92 Å². The van der Waals surface area contributed by atoms with Crippen LogP contribution >= 0.6 is 11.6 Å². The van der Waals surface area contributed by atoms with E-state index in [0.29, 0.717) is 24.8 Å². The zero-order valence-electron chi connectivity index (χ0n) is 11.6. The van der Waals surface area contributed by atoms with Crippen LogP contribution in [0.5, 0.6) is 5.75 Å². The maximum Gasteiger partial charge on any atom is 0.145 e. The van der Waals surface area contributed by atoms with Gasteiger partial charge in [-0.25, -0.2) is 4.39 Å². The van der Waals surface area contributed by atoms with E-state index in [2.05, 4.69) is 19.2 Å². The maximum absolute atomic E-state index is 13.3. The summed E-state index contributed by atoms with van der Waals surface area (Å²) in [6.45, 7) is 6.26. The third kappa shape index (κ3) is 6.23. The SMILES string of the molecule is COCC(CNCC(C)C)Oc1ccc(Cl)c(F)c1. The second kappa shape index (κ2) is 8.35. The Morgan fingerprint density at radius 2 is 2.05 bits per heavy atom. The quantitative estimate of drug-likeness (QED) is 0.798. The predicted molar refractivity (Wildman–Crippen MR) is 75.4 cm³/mol. The Balaban J connectivity index is 2.54. The molecule has 0 heterocycles. The third-order valence-electron chi connectivity index (χ3n) is 2.47. The zero-order chi connectivity index (χ0) is 14.3. The summed E-state index contributed by atoms with van der Waals surface area (Å²) in [5, 5.41) is 3.38. The van der Waals surface area contributed by atoms with E-state index < -0.39 is 5.82 Å². The molecular formula is C14H21ClFNO2. The molecule has 0 fully saturated rings. The van der Waals surface area contributed by atoms with Crippen molar-refractivity contribution in [2.75, 3.05) is 26.8 Å². The van der Waals surface area contributed by atoms with Gasteiger partial charge in [0.1, 0.15) is 17.7 Å². The predicted octanol–water partition coefficient (Wildman–Crippen LogP) is 3.12. The molecule has 0 spiro atoms. The second-order valence-electron chi connectivity index (χ2n) is 4.82. The number of hydrogen-bond donors (Lipinski definition) is 1. The van der Waals surface area contributed by atoms with Crippen LogP contribution in [0.25, 0.3) is 0 Å². The van der Waals surface area contributed by atoms with Gasteiger partial charge in [-0.15, -0.1) is 0 Å². The van der Waals surface area contributed by atoms with Crippen LogP contribution in [0.15, 0.2) is 18.2 Å². The topological polar surface area (TPSA) is 30.5 Å². The number of rotatable bonds is 8. The fourth-order valence-corrected chi connectivity index (χ4v) is 1.71. The van der Waals surface area contributed by atoms with Crippen molar-refractivity contribution in [3.8, 4) is 5.75 Å². The van der Waals surface area contributed by atoms with Gasteiger partial charge >= 0.3 is 0 Å². The van der Waals surface area contributed by atoms with Crippen molar-refractivity contribution in [2.45, 2.75) is 20.0 Å². The van der Waals surface area contributed by atoms with Crippen molar-refractivity contribution in [3.63, 3.8) is 0 Å². The molecule has 0 aliphatic carbocycles. The minimum atomic E-state index is -0.481. The molecule has 0 saturated carbocycles. The second-order valence-corrected chi connectivity index (χ2v) is 5.23. The molecule has 0 bridgehead atoms. The minimum absolute atomic E-state index is 0.0913. The van der Waals surface area contributed by atoms with E-state index >= 15 is 0 Å². The fourth-order valence-electron chi connectivity index (χ4n) is 1.60. The summed E-state index contributed by atoms with van der Waals surface area (Å²) < 4.78 is 24.1. The van der Waals surface area contributed by atoms with Gasteiger partial charge in [-0.1, -0.05) is 25.4 Å². The Hall–Kier alpha value is -0.840. The molecule has 19 heavy (non-hydrogen) atoms. The van der Waals surface area contributed by atoms with E-state index in [0.717, 1.165) is 6.54 Å². The number of halogens is 2. The first kappa shape index (κ1) is 16.2. The van der Waals surface area contributed by atoms with E-state index in [4.69, 9.17) is 21.1 Å². The Morgan fingerprint density at radius 3 is 2.63 bits per heavy atom. The Bertz CT molecular complexity index is 388. The fraction of sp³-hybridized carbons (Fsp3) is 0.571. The van der Waals surface area contributed by atoms with Crippen LogP contribution in [0, 0.1) is 11.7 Å². The number of nitrogens with one attached hydrogen (secondary N) is 1.